The molecular formula is C16H29N3O. The van der Waals surface area contributed by atoms with Gasteiger partial charge < -0.3 is 15.8 Å². The lowest BCUT2D eigenvalue weighted by molar-refractivity contribution is 0.234. The number of aromatic nitrogens is 1. The Morgan fingerprint density at radius 3 is 2.65 bits per heavy atom. The van der Waals surface area contributed by atoms with Crippen LogP contribution < -0.4 is 15.8 Å². The molecule has 0 radical (unpaired) electrons. The van der Waals surface area contributed by atoms with Crippen molar-refractivity contribution in [2.75, 3.05) is 17.6 Å². The summed E-state index contributed by atoms with van der Waals surface area (Å²) >= 11 is 0. The average Bonchev–Trinajstić information content (AvgIpc) is 2.42. The van der Waals surface area contributed by atoms with Gasteiger partial charge in [-0.25, -0.2) is 0 Å². The first kappa shape index (κ1) is 16.6. The van der Waals surface area contributed by atoms with E-state index in [1.54, 1.807) is 0 Å². The van der Waals surface area contributed by atoms with Crippen molar-refractivity contribution in [2.45, 2.75) is 59.5 Å². The number of nitrogen functional groups attached to an aromatic ring is 1. The SMILES string of the molecule is CCCCC(CC)CNc1ccc(N)c(OC(C)C)n1. The lowest BCUT2D eigenvalue weighted by Crippen LogP contribution is -2.15. The van der Waals surface area contributed by atoms with E-state index < -0.39 is 0 Å². The average molecular weight is 279 g/mol. The van der Waals surface area contributed by atoms with Crippen molar-refractivity contribution in [1.29, 1.82) is 0 Å². The van der Waals surface area contributed by atoms with Gasteiger partial charge in [-0.2, -0.15) is 4.98 Å². The molecule has 1 atom stereocenters. The van der Waals surface area contributed by atoms with Gasteiger partial charge in [0.05, 0.1) is 11.8 Å². The number of nitrogens with zero attached hydrogens (tertiary/aromatic N) is 1. The third-order valence-corrected chi connectivity index (χ3v) is 3.35. The summed E-state index contributed by atoms with van der Waals surface area (Å²) in [6, 6.07) is 3.76. The lowest BCUT2D eigenvalue weighted by atomic mass is 9.99. The first-order valence-electron chi connectivity index (χ1n) is 7.73. The summed E-state index contributed by atoms with van der Waals surface area (Å²) < 4.78 is 5.61. The number of nitrogens with one attached hydrogen (secondary N) is 1. The van der Waals surface area contributed by atoms with Crippen molar-refractivity contribution >= 4 is 11.5 Å². The third-order valence-electron chi connectivity index (χ3n) is 3.35. The molecule has 1 aromatic heterocycles. The normalized spacial score (nSPS) is 12.4. The molecule has 0 saturated carbocycles. The molecule has 114 valence electrons. The standard InChI is InChI=1S/C16H29N3O/c1-5-7-8-13(6-2)11-18-15-10-9-14(17)16(19-15)20-12(3)4/h9-10,12-13H,5-8,11,17H2,1-4H3,(H,18,19). The zero-order valence-corrected chi connectivity index (χ0v) is 13.3. The smallest absolute Gasteiger partial charge is 0.239 e. The van der Waals surface area contributed by atoms with Gasteiger partial charge >= 0.3 is 0 Å². The molecule has 1 rings (SSSR count). The Kier molecular flexibility index (Phi) is 7.20. The molecule has 20 heavy (non-hydrogen) atoms. The van der Waals surface area contributed by atoms with Crippen LogP contribution in [0.25, 0.3) is 0 Å². The van der Waals surface area contributed by atoms with Gasteiger partial charge in [0, 0.05) is 6.54 Å². The van der Waals surface area contributed by atoms with E-state index in [-0.39, 0.29) is 6.10 Å². The Morgan fingerprint density at radius 1 is 1.30 bits per heavy atom. The molecule has 4 heteroatoms. The predicted molar refractivity (Wildman–Crippen MR) is 86.2 cm³/mol. The van der Waals surface area contributed by atoms with Crippen molar-refractivity contribution in [3.63, 3.8) is 0 Å². The van der Waals surface area contributed by atoms with E-state index in [0.717, 1.165) is 12.4 Å². The highest BCUT2D eigenvalue weighted by Crippen LogP contribution is 2.22. The van der Waals surface area contributed by atoms with Gasteiger partial charge in [-0.15, -0.1) is 0 Å². The van der Waals surface area contributed by atoms with Gasteiger partial charge in [0.25, 0.3) is 0 Å². The number of hydrogen-bond acceptors (Lipinski definition) is 4. The van der Waals surface area contributed by atoms with E-state index >= 15 is 0 Å². The second-order valence-corrected chi connectivity index (χ2v) is 5.55. The van der Waals surface area contributed by atoms with Crippen LogP contribution in [0.2, 0.25) is 0 Å². The van der Waals surface area contributed by atoms with Gasteiger partial charge in [-0.3, -0.25) is 0 Å². The zero-order valence-electron chi connectivity index (χ0n) is 13.3. The van der Waals surface area contributed by atoms with Gasteiger partial charge in [0.1, 0.15) is 5.82 Å². The van der Waals surface area contributed by atoms with E-state index in [0.29, 0.717) is 17.5 Å². The van der Waals surface area contributed by atoms with E-state index in [1.807, 2.05) is 26.0 Å². The largest absolute Gasteiger partial charge is 0.473 e. The molecule has 1 aromatic rings. The van der Waals surface area contributed by atoms with Crippen molar-refractivity contribution in [3.8, 4) is 5.88 Å². The van der Waals surface area contributed by atoms with Gasteiger partial charge in [0.2, 0.25) is 5.88 Å². The van der Waals surface area contributed by atoms with Crippen molar-refractivity contribution < 1.29 is 4.74 Å². The number of nitrogens with two attached hydrogens (primary N) is 1. The molecule has 3 N–H and O–H groups in total. The maximum Gasteiger partial charge on any atom is 0.239 e. The summed E-state index contributed by atoms with van der Waals surface area (Å²) in [7, 11) is 0. The van der Waals surface area contributed by atoms with E-state index in [1.165, 1.54) is 25.7 Å². The Morgan fingerprint density at radius 2 is 2.05 bits per heavy atom. The molecule has 0 fully saturated rings. The topological polar surface area (TPSA) is 60.2 Å². The van der Waals surface area contributed by atoms with Gasteiger partial charge in [-0.05, 0) is 38.3 Å². The number of hydrogen-bond donors (Lipinski definition) is 2. The minimum atomic E-state index is 0.0768. The number of ether oxygens (including phenoxy) is 1. The van der Waals surface area contributed by atoms with Crippen molar-refractivity contribution in [1.82, 2.24) is 4.98 Å². The number of pyridine rings is 1. The lowest BCUT2D eigenvalue weighted by Gasteiger charge is -2.17. The molecule has 1 unspecified atom stereocenters. The van der Waals surface area contributed by atoms with E-state index in [4.69, 9.17) is 10.5 Å². The maximum absolute atomic E-state index is 5.87. The second-order valence-electron chi connectivity index (χ2n) is 5.55. The Balaban J connectivity index is 2.58. The monoisotopic (exact) mass is 279 g/mol. The number of anilines is 2. The summed E-state index contributed by atoms with van der Waals surface area (Å²) in [4.78, 5) is 4.44. The van der Waals surface area contributed by atoms with Crippen LogP contribution in [0.1, 0.15) is 53.4 Å². The van der Waals surface area contributed by atoms with Crippen LogP contribution in [0.15, 0.2) is 12.1 Å². The summed E-state index contributed by atoms with van der Waals surface area (Å²) in [5, 5.41) is 3.40. The predicted octanol–water partition coefficient (Wildman–Crippen LogP) is 4.08. The van der Waals surface area contributed by atoms with Crippen LogP contribution in [-0.4, -0.2) is 17.6 Å². The highest BCUT2D eigenvalue weighted by atomic mass is 16.5. The zero-order chi connectivity index (χ0) is 15.0. The fourth-order valence-electron chi connectivity index (χ4n) is 2.06. The highest BCUT2D eigenvalue weighted by molar-refractivity contribution is 5.53. The molecule has 0 aliphatic heterocycles. The van der Waals surface area contributed by atoms with Crippen molar-refractivity contribution in [2.24, 2.45) is 5.92 Å². The third kappa shape index (κ3) is 5.68. The molecule has 0 saturated heterocycles. The molecule has 0 aromatic carbocycles. The van der Waals surface area contributed by atoms with E-state index in [2.05, 4.69) is 24.1 Å². The van der Waals surface area contributed by atoms with Crippen LogP contribution >= 0.6 is 0 Å². The minimum Gasteiger partial charge on any atom is -0.473 e. The van der Waals surface area contributed by atoms with Crippen LogP contribution in [0.5, 0.6) is 5.88 Å². The molecule has 0 spiro atoms. The van der Waals surface area contributed by atoms with Crippen LogP contribution in [0, 0.1) is 5.92 Å². The summed E-state index contributed by atoms with van der Waals surface area (Å²) in [6.07, 6.45) is 5.08. The van der Waals surface area contributed by atoms with Gasteiger partial charge in [-0.1, -0.05) is 33.1 Å². The van der Waals surface area contributed by atoms with Gasteiger partial charge in [0.15, 0.2) is 0 Å². The summed E-state index contributed by atoms with van der Waals surface area (Å²) in [5.41, 5.74) is 6.46. The maximum atomic E-state index is 5.87. The minimum absolute atomic E-state index is 0.0768. The van der Waals surface area contributed by atoms with Crippen molar-refractivity contribution in [3.05, 3.63) is 12.1 Å². The molecule has 0 aliphatic carbocycles. The summed E-state index contributed by atoms with van der Waals surface area (Å²) in [6.45, 7) is 9.37. The molecule has 0 bridgehead atoms. The molecule has 0 aliphatic rings. The Bertz CT molecular complexity index is 393. The first-order valence-corrected chi connectivity index (χ1v) is 7.73. The second kappa shape index (κ2) is 8.67. The van der Waals surface area contributed by atoms with Crippen LogP contribution in [0.4, 0.5) is 11.5 Å². The Hall–Kier alpha value is -1.45. The van der Waals surface area contributed by atoms with Crippen LogP contribution in [-0.2, 0) is 0 Å². The fourth-order valence-corrected chi connectivity index (χ4v) is 2.06. The molecule has 0 amide bonds. The first-order chi connectivity index (χ1) is 9.56. The Labute approximate surface area is 123 Å². The number of unbranched alkanes of at least 4 members (excludes halogenated alkanes) is 1. The molecule has 4 nitrogen and oxygen atoms in total. The van der Waals surface area contributed by atoms with E-state index in [9.17, 15) is 0 Å². The molecular weight excluding hydrogens is 250 g/mol. The molecule has 1 heterocycles. The quantitative estimate of drug-likeness (QED) is 0.715. The number of rotatable bonds is 9. The summed E-state index contributed by atoms with van der Waals surface area (Å²) in [5.74, 6) is 2.06. The highest BCUT2D eigenvalue weighted by Gasteiger charge is 2.09. The van der Waals surface area contributed by atoms with Crippen LogP contribution in [0.3, 0.4) is 0 Å². The fraction of sp³-hybridized carbons (Fsp3) is 0.688.